The Morgan fingerprint density at radius 1 is 1.00 bits per heavy atom. The minimum Gasteiger partial charge on any atom is -0.379 e. The molecule has 1 aliphatic heterocycles. The first-order valence-electron chi connectivity index (χ1n) is 9.92. The molecule has 1 saturated heterocycles. The summed E-state index contributed by atoms with van der Waals surface area (Å²) in [5.74, 6) is -1.10. The third-order valence-electron chi connectivity index (χ3n) is 4.88. The number of amides is 2. The molecule has 0 unspecified atom stereocenters. The van der Waals surface area contributed by atoms with Crippen LogP contribution < -0.4 is 4.18 Å². The van der Waals surface area contributed by atoms with Crippen LogP contribution in [0.2, 0.25) is 0 Å². The van der Waals surface area contributed by atoms with Crippen LogP contribution in [-0.2, 0) is 21.5 Å². The molecule has 3 aromatic rings. The second kappa shape index (κ2) is 9.68. The minimum absolute atomic E-state index is 0.0202. The van der Waals surface area contributed by atoms with Gasteiger partial charge in [-0.1, -0.05) is 30.3 Å². The fourth-order valence-corrected chi connectivity index (χ4v) is 4.88. The fourth-order valence-electron chi connectivity index (χ4n) is 3.11. The van der Waals surface area contributed by atoms with Gasteiger partial charge in [0, 0.05) is 17.7 Å². The number of halogens is 1. The van der Waals surface area contributed by atoms with Gasteiger partial charge >= 0.3 is 10.1 Å². The van der Waals surface area contributed by atoms with E-state index in [0.29, 0.717) is 5.56 Å². The van der Waals surface area contributed by atoms with Crippen LogP contribution in [0.25, 0.3) is 6.08 Å². The Hall–Kier alpha value is -4.03. The van der Waals surface area contributed by atoms with Crippen LogP contribution in [0.3, 0.4) is 0 Å². The Kier molecular flexibility index (Phi) is 6.67. The van der Waals surface area contributed by atoms with E-state index in [-0.39, 0.29) is 33.3 Å². The number of carbonyl (C=O) groups excluding carboxylic acids is 2. The van der Waals surface area contributed by atoms with Crippen molar-refractivity contribution in [3.05, 3.63) is 105 Å². The number of hydrogen-bond donors (Lipinski definition) is 0. The zero-order valence-corrected chi connectivity index (χ0v) is 19.3. The molecule has 1 fully saturated rings. The molecule has 35 heavy (non-hydrogen) atoms. The average Bonchev–Trinajstić information content (AvgIpc) is 3.09. The van der Waals surface area contributed by atoms with Gasteiger partial charge < -0.3 is 4.18 Å². The molecule has 3 aromatic carbocycles. The maximum atomic E-state index is 13.9. The van der Waals surface area contributed by atoms with Crippen molar-refractivity contribution in [2.75, 3.05) is 0 Å². The number of carbonyl (C=O) groups is 2. The Morgan fingerprint density at radius 2 is 1.66 bits per heavy atom. The predicted molar refractivity (Wildman–Crippen MR) is 125 cm³/mol. The van der Waals surface area contributed by atoms with E-state index in [1.807, 2.05) is 0 Å². The number of benzene rings is 3. The van der Waals surface area contributed by atoms with Crippen LogP contribution in [-0.4, -0.2) is 29.4 Å². The molecule has 0 aromatic heterocycles. The molecule has 0 aliphatic carbocycles. The van der Waals surface area contributed by atoms with Crippen LogP contribution in [0.1, 0.15) is 11.1 Å². The number of nitro groups is 1. The van der Waals surface area contributed by atoms with Crippen molar-refractivity contribution in [3.63, 3.8) is 0 Å². The SMILES string of the molecule is O=C1S/C(=C\c2ccc(OS(=O)(=O)c3ccc([N+](=O)[O-])cc3)cc2)C(=O)N1Cc1ccccc1F. The van der Waals surface area contributed by atoms with Gasteiger partial charge in [-0.25, -0.2) is 4.39 Å². The van der Waals surface area contributed by atoms with Crippen LogP contribution >= 0.6 is 11.8 Å². The summed E-state index contributed by atoms with van der Waals surface area (Å²) in [6.45, 7) is -0.192. The molecule has 178 valence electrons. The van der Waals surface area contributed by atoms with Crippen molar-refractivity contribution in [1.29, 1.82) is 0 Å². The quantitative estimate of drug-likeness (QED) is 0.192. The minimum atomic E-state index is -4.23. The molecule has 4 rings (SSSR count). The first-order chi connectivity index (χ1) is 16.6. The van der Waals surface area contributed by atoms with Crippen LogP contribution in [0.4, 0.5) is 14.9 Å². The fraction of sp³-hybridized carbons (Fsp3) is 0.0435. The molecule has 1 heterocycles. The molecule has 12 heteroatoms. The largest absolute Gasteiger partial charge is 0.379 e. The molecule has 9 nitrogen and oxygen atoms in total. The van der Waals surface area contributed by atoms with Crippen molar-refractivity contribution in [1.82, 2.24) is 4.90 Å². The summed E-state index contributed by atoms with van der Waals surface area (Å²) in [5, 5.41) is 10.2. The Labute approximate surface area is 203 Å². The lowest BCUT2D eigenvalue weighted by atomic mass is 10.2. The number of thioether (sulfide) groups is 1. The molecule has 0 atom stereocenters. The van der Waals surface area contributed by atoms with Gasteiger partial charge in [0.1, 0.15) is 16.5 Å². The van der Waals surface area contributed by atoms with Crippen molar-refractivity contribution >= 4 is 44.8 Å². The molecular weight excluding hydrogens is 499 g/mol. The number of hydrogen-bond acceptors (Lipinski definition) is 8. The first-order valence-corrected chi connectivity index (χ1v) is 12.1. The summed E-state index contributed by atoms with van der Waals surface area (Å²) < 4.78 is 43.8. The van der Waals surface area contributed by atoms with Gasteiger partial charge in [-0.05, 0) is 53.7 Å². The van der Waals surface area contributed by atoms with Gasteiger partial charge in [-0.3, -0.25) is 24.6 Å². The van der Waals surface area contributed by atoms with Crippen molar-refractivity contribution < 1.29 is 31.5 Å². The Morgan fingerprint density at radius 3 is 2.29 bits per heavy atom. The summed E-state index contributed by atoms with van der Waals surface area (Å²) in [5.41, 5.74) is 0.458. The smallest absolute Gasteiger partial charge is 0.339 e. The van der Waals surface area contributed by atoms with Gasteiger partial charge in [-0.2, -0.15) is 8.42 Å². The van der Waals surface area contributed by atoms with Gasteiger partial charge in [-0.15, -0.1) is 0 Å². The van der Waals surface area contributed by atoms with E-state index < -0.39 is 32.0 Å². The van der Waals surface area contributed by atoms with E-state index in [9.17, 15) is 32.5 Å². The molecule has 0 N–H and O–H groups in total. The highest BCUT2D eigenvalue weighted by Crippen LogP contribution is 2.34. The normalized spacial score (nSPS) is 15.0. The van der Waals surface area contributed by atoms with E-state index in [2.05, 4.69) is 0 Å². The molecule has 0 bridgehead atoms. The predicted octanol–water partition coefficient (Wildman–Crippen LogP) is 4.74. The van der Waals surface area contributed by atoms with Crippen LogP contribution in [0.15, 0.2) is 82.6 Å². The first kappa shape index (κ1) is 24.1. The van der Waals surface area contributed by atoms with E-state index in [0.717, 1.165) is 40.9 Å². The summed E-state index contributed by atoms with van der Waals surface area (Å²) in [4.78, 5) is 35.9. The lowest BCUT2D eigenvalue weighted by molar-refractivity contribution is -0.384. The third kappa shape index (κ3) is 5.39. The lowest BCUT2D eigenvalue weighted by Crippen LogP contribution is -2.27. The van der Waals surface area contributed by atoms with Crippen molar-refractivity contribution in [2.45, 2.75) is 11.4 Å². The van der Waals surface area contributed by atoms with Gasteiger partial charge in [0.15, 0.2) is 0 Å². The van der Waals surface area contributed by atoms with E-state index >= 15 is 0 Å². The highest BCUT2D eigenvalue weighted by Gasteiger charge is 2.35. The zero-order valence-electron chi connectivity index (χ0n) is 17.7. The monoisotopic (exact) mass is 514 g/mol. The topological polar surface area (TPSA) is 124 Å². The lowest BCUT2D eigenvalue weighted by Gasteiger charge is -2.12. The molecule has 0 radical (unpaired) electrons. The highest BCUT2D eigenvalue weighted by molar-refractivity contribution is 8.18. The highest BCUT2D eigenvalue weighted by atomic mass is 32.2. The number of nitro benzene ring substituents is 1. The maximum Gasteiger partial charge on any atom is 0.339 e. The molecule has 0 spiro atoms. The summed E-state index contributed by atoms with van der Waals surface area (Å²) in [7, 11) is -4.23. The Bertz CT molecular complexity index is 1450. The standard InChI is InChI=1S/C23H15FN2O7S2/c24-20-4-2-1-3-16(20)14-25-22(27)21(34-23(25)28)13-15-5-9-18(10-6-15)33-35(31,32)19-11-7-17(8-12-19)26(29)30/h1-13H,14H2/b21-13-. The molecule has 0 saturated carbocycles. The van der Waals surface area contributed by atoms with Crippen LogP contribution in [0.5, 0.6) is 5.75 Å². The van der Waals surface area contributed by atoms with E-state index in [4.69, 9.17) is 4.18 Å². The number of non-ortho nitro benzene ring substituents is 1. The molecule has 1 aliphatic rings. The number of rotatable bonds is 7. The summed E-state index contributed by atoms with van der Waals surface area (Å²) >= 11 is 0.717. The van der Waals surface area contributed by atoms with Crippen molar-refractivity contribution in [2.24, 2.45) is 0 Å². The van der Waals surface area contributed by atoms with Gasteiger partial charge in [0.25, 0.3) is 16.8 Å². The molecule has 2 amide bonds. The Balaban J connectivity index is 1.46. The maximum absolute atomic E-state index is 13.9. The van der Waals surface area contributed by atoms with E-state index in [1.54, 1.807) is 6.07 Å². The second-order valence-electron chi connectivity index (χ2n) is 7.22. The van der Waals surface area contributed by atoms with Crippen molar-refractivity contribution in [3.8, 4) is 5.75 Å². The van der Waals surface area contributed by atoms with Crippen LogP contribution in [0, 0.1) is 15.9 Å². The summed E-state index contributed by atoms with van der Waals surface area (Å²) in [6.07, 6.45) is 1.46. The molecular formula is C23H15FN2O7S2. The van der Waals surface area contributed by atoms with Gasteiger partial charge in [0.05, 0.1) is 16.4 Å². The zero-order chi connectivity index (χ0) is 25.2. The third-order valence-corrected chi connectivity index (χ3v) is 7.05. The summed E-state index contributed by atoms with van der Waals surface area (Å²) in [6, 6.07) is 15.8. The average molecular weight is 515 g/mol. The second-order valence-corrected chi connectivity index (χ2v) is 9.76. The van der Waals surface area contributed by atoms with E-state index in [1.165, 1.54) is 48.5 Å². The van der Waals surface area contributed by atoms with Gasteiger partial charge in [0.2, 0.25) is 0 Å². The number of nitrogens with zero attached hydrogens (tertiary/aromatic N) is 2. The number of imide groups is 1.